The third kappa shape index (κ3) is 2.84. The normalized spacial score (nSPS) is 18.4. The number of imidazole rings is 1. The third-order valence-corrected chi connectivity index (χ3v) is 7.02. The number of nitrogens with zero attached hydrogens (tertiary/aromatic N) is 4. The van der Waals surface area contributed by atoms with Crippen molar-refractivity contribution in [2.45, 2.75) is 38.3 Å². The number of rotatable bonds is 1. The molecule has 28 heavy (non-hydrogen) atoms. The minimum absolute atomic E-state index is 0.0292. The minimum Gasteiger partial charge on any atom is -0.337 e. The van der Waals surface area contributed by atoms with Gasteiger partial charge in [0.2, 0.25) is 5.78 Å². The molecule has 2 aliphatic rings. The van der Waals surface area contributed by atoms with Crippen LogP contribution in [0.4, 0.5) is 0 Å². The average molecular weight is 440 g/mol. The lowest BCUT2D eigenvalue weighted by Crippen LogP contribution is -2.57. The maximum atomic E-state index is 13.2. The van der Waals surface area contributed by atoms with Gasteiger partial charge in [-0.25, -0.2) is 9.97 Å². The van der Waals surface area contributed by atoms with E-state index in [1.54, 1.807) is 12.4 Å². The van der Waals surface area contributed by atoms with Gasteiger partial charge < -0.3 is 10.2 Å². The summed E-state index contributed by atoms with van der Waals surface area (Å²) in [6, 6.07) is 8.66. The Bertz CT molecular complexity index is 1070. The van der Waals surface area contributed by atoms with Crippen LogP contribution in [-0.4, -0.2) is 43.8 Å². The van der Waals surface area contributed by atoms with Crippen molar-refractivity contribution in [1.29, 1.82) is 0 Å². The molecule has 0 aliphatic carbocycles. The van der Waals surface area contributed by atoms with Gasteiger partial charge in [0.05, 0.1) is 10.7 Å². The van der Waals surface area contributed by atoms with Crippen LogP contribution in [0.5, 0.6) is 0 Å². The quantitative estimate of drug-likeness (QED) is 0.632. The highest BCUT2D eigenvalue weighted by Crippen LogP contribution is 2.32. The van der Waals surface area contributed by atoms with Crippen LogP contribution in [0.15, 0.2) is 41.1 Å². The number of fused-ring (bicyclic) bond motifs is 2. The van der Waals surface area contributed by atoms with Gasteiger partial charge in [0.1, 0.15) is 5.69 Å². The Morgan fingerprint density at radius 2 is 1.86 bits per heavy atom. The molecule has 2 aliphatic heterocycles. The fourth-order valence-electron chi connectivity index (χ4n) is 4.49. The lowest BCUT2D eigenvalue weighted by Gasteiger charge is -2.45. The van der Waals surface area contributed by atoms with E-state index in [0.717, 1.165) is 49.1 Å². The Morgan fingerprint density at radius 3 is 2.64 bits per heavy atom. The zero-order valence-corrected chi connectivity index (χ0v) is 17.4. The molecular formula is C21H22BrN5O. The predicted molar refractivity (Wildman–Crippen MR) is 110 cm³/mol. The number of hydrogen-bond acceptors (Lipinski definition) is 4. The molecule has 5 rings (SSSR count). The molecule has 1 aromatic carbocycles. The number of carbonyl (C=O) groups is 1. The van der Waals surface area contributed by atoms with E-state index in [1.165, 1.54) is 11.1 Å². The molecule has 0 unspecified atom stereocenters. The maximum Gasteiger partial charge on any atom is 0.272 e. The number of piperidine rings is 1. The first-order valence-corrected chi connectivity index (χ1v) is 10.5. The standard InChI is InChI=1S/C21H22BrN5O/c1-14-17(22)12-23-20-24-13-18(27(14)20)19(28)26-8-6-21(7-9-26)10-15-4-2-3-5-16(15)11-25-21/h2-5,12-13,25H,6-11H2,1H3. The SMILES string of the molecule is Cc1c(Br)cnc2ncc(C(=O)N3CCC4(CC3)Cc3ccccc3CN4)n12. The summed E-state index contributed by atoms with van der Waals surface area (Å²) in [5.74, 6) is 0.588. The highest BCUT2D eigenvalue weighted by atomic mass is 79.9. The van der Waals surface area contributed by atoms with Crippen LogP contribution in [0.3, 0.4) is 0 Å². The van der Waals surface area contributed by atoms with Crippen LogP contribution in [0, 0.1) is 6.92 Å². The van der Waals surface area contributed by atoms with Crippen molar-refractivity contribution >= 4 is 27.6 Å². The molecule has 1 fully saturated rings. The van der Waals surface area contributed by atoms with E-state index in [1.807, 2.05) is 16.2 Å². The molecule has 2 aromatic heterocycles. The van der Waals surface area contributed by atoms with Gasteiger partial charge in [0, 0.05) is 37.1 Å². The molecule has 1 amide bonds. The predicted octanol–water partition coefficient (Wildman–Crippen LogP) is 3.12. The number of aromatic nitrogens is 3. The molecular weight excluding hydrogens is 418 g/mol. The van der Waals surface area contributed by atoms with E-state index in [0.29, 0.717) is 11.5 Å². The van der Waals surface area contributed by atoms with Crippen molar-refractivity contribution in [3.63, 3.8) is 0 Å². The second kappa shape index (κ2) is 6.67. The van der Waals surface area contributed by atoms with Crippen LogP contribution in [0.25, 0.3) is 5.78 Å². The number of aryl methyl sites for hydroxylation is 1. The summed E-state index contributed by atoms with van der Waals surface area (Å²) in [6.45, 7) is 4.38. The van der Waals surface area contributed by atoms with Crippen LogP contribution in [-0.2, 0) is 13.0 Å². The number of benzene rings is 1. The lowest BCUT2D eigenvalue weighted by atomic mass is 9.78. The average Bonchev–Trinajstić information content (AvgIpc) is 3.16. The first-order valence-electron chi connectivity index (χ1n) is 9.66. The maximum absolute atomic E-state index is 13.2. The Labute approximate surface area is 172 Å². The van der Waals surface area contributed by atoms with Gasteiger partial charge in [0.15, 0.2) is 0 Å². The third-order valence-electron chi connectivity index (χ3n) is 6.25. The summed E-state index contributed by atoms with van der Waals surface area (Å²) < 4.78 is 2.71. The molecule has 0 radical (unpaired) electrons. The molecule has 1 N–H and O–H groups in total. The number of nitrogens with one attached hydrogen (secondary N) is 1. The number of halogens is 1. The van der Waals surface area contributed by atoms with Crippen LogP contribution >= 0.6 is 15.9 Å². The highest BCUT2D eigenvalue weighted by molar-refractivity contribution is 9.10. The molecule has 1 spiro atoms. The Balaban J connectivity index is 1.35. The summed E-state index contributed by atoms with van der Waals surface area (Å²) in [7, 11) is 0. The molecule has 7 heteroatoms. The first kappa shape index (κ1) is 17.8. The van der Waals surface area contributed by atoms with Crippen molar-refractivity contribution in [3.8, 4) is 0 Å². The van der Waals surface area contributed by atoms with Crippen molar-refractivity contribution in [2.75, 3.05) is 13.1 Å². The van der Waals surface area contributed by atoms with E-state index < -0.39 is 0 Å². The van der Waals surface area contributed by atoms with Crippen molar-refractivity contribution in [2.24, 2.45) is 0 Å². The molecule has 3 aromatic rings. The van der Waals surface area contributed by atoms with Crippen molar-refractivity contribution in [1.82, 2.24) is 24.6 Å². The van der Waals surface area contributed by atoms with Gasteiger partial charge in [-0.15, -0.1) is 0 Å². The molecule has 6 nitrogen and oxygen atoms in total. The minimum atomic E-state index is 0.0292. The fourth-order valence-corrected chi connectivity index (χ4v) is 4.77. The van der Waals surface area contributed by atoms with Gasteiger partial charge >= 0.3 is 0 Å². The van der Waals surface area contributed by atoms with E-state index >= 15 is 0 Å². The molecule has 144 valence electrons. The van der Waals surface area contributed by atoms with Crippen LogP contribution in [0.1, 0.15) is 40.2 Å². The zero-order valence-electron chi connectivity index (χ0n) is 15.8. The van der Waals surface area contributed by atoms with Gasteiger partial charge in [-0.05, 0) is 53.2 Å². The van der Waals surface area contributed by atoms with Gasteiger partial charge in [0.25, 0.3) is 5.91 Å². The second-order valence-corrected chi connectivity index (χ2v) is 8.70. The number of carbonyl (C=O) groups excluding carboxylic acids is 1. The number of amides is 1. The Morgan fingerprint density at radius 1 is 1.14 bits per heavy atom. The van der Waals surface area contributed by atoms with E-state index in [9.17, 15) is 4.79 Å². The zero-order chi connectivity index (χ0) is 19.3. The summed E-state index contributed by atoms with van der Waals surface area (Å²) in [5, 5.41) is 3.76. The molecule has 4 heterocycles. The summed E-state index contributed by atoms with van der Waals surface area (Å²) >= 11 is 3.50. The first-order chi connectivity index (χ1) is 13.6. The number of likely N-dealkylation sites (tertiary alicyclic amines) is 1. The van der Waals surface area contributed by atoms with Crippen LogP contribution in [0.2, 0.25) is 0 Å². The molecule has 0 atom stereocenters. The van der Waals surface area contributed by atoms with E-state index in [2.05, 4.69) is 55.5 Å². The molecule has 1 saturated heterocycles. The Kier molecular flexibility index (Phi) is 4.25. The summed E-state index contributed by atoms with van der Waals surface area (Å²) in [4.78, 5) is 23.8. The highest BCUT2D eigenvalue weighted by Gasteiger charge is 2.38. The van der Waals surface area contributed by atoms with Crippen molar-refractivity contribution < 1.29 is 4.79 Å². The smallest absolute Gasteiger partial charge is 0.272 e. The second-order valence-electron chi connectivity index (χ2n) is 7.84. The van der Waals surface area contributed by atoms with Crippen molar-refractivity contribution in [3.05, 3.63) is 63.6 Å². The molecule has 0 saturated carbocycles. The molecule has 0 bridgehead atoms. The summed E-state index contributed by atoms with van der Waals surface area (Å²) in [6.07, 6.45) is 6.33. The fraction of sp³-hybridized carbons (Fsp3) is 0.381. The lowest BCUT2D eigenvalue weighted by molar-refractivity contribution is 0.0624. The monoisotopic (exact) mass is 439 g/mol. The Hall–Kier alpha value is -2.25. The van der Waals surface area contributed by atoms with Gasteiger partial charge in [-0.2, -0.15) is 0 Å². The largest absolute Gasteiger partial charge is 0.337 e. The van der Waals surface area contributed by atoms with E-state index in [-0.39, 0.29) is 11.4 Å². The van der Waals surface area contributed by atoms with Gasteiger partial charge in [-0.3, -0.25) is 9.20 Å². The number of hydrogen-bond donors (Lipinski definition) is 1. The topological polar surface area (TPSA) is 62.5 Å². The van der Waals surface area contributed by atoms with Crippen LogP contribution < -0.4 is 5.32 Å². The van der Waals surface area contributed by atoms with Gasteiger partial charge in [-0.1, -0.05) is 24.3 Å². The summed E-state index contributed by atoms with van der Waals surface area (Å²) in [5.41, 5.74) is 4.45. The van der Waals surface area contributed by atoms with E-state index in [4.69, 9.17) is 0 Å².